The van der Waals surface area contributed by atoms with Gasteiger partial charge in [0.15, 0.2) is 0 Å². The third kappa shape index (κ3) is 7.23. The fourth-order valence-corrected chi connectivity index (χ4v) is 5.28. The summed E-state index contributed by atoms with van der Waals surface area (Å²) in [6.45, 7) is 5.14. The largest absolute Gasteiger partial charge is 0.464 e. The number of carbonyl (C=O) groups is 2. The van der Waals surface area contributed by atoms with E-state index in [4.69, 9.17) is 4.74 Å². The number of aryl methyl sites for hydroxylation is 3. The van der Waals surface area contributed by atoms with Gasteiger partial charge in [0, 0.05) is 55.6 Å². The number of ether oxygens (including phenoxy) is 1. The first-order chi connectivity index (χ1) is 20.5. The lowest BCUT2D eigenvalue weighted by Crippen LogP contribution is -2.44. The number of fused-ring (bicyclic) bond motifs is 1. The van der Waals surface area contributed by atoms with Gasteiger partial charge in [-0.05, 0) is 85.5 Å². The van der Waals surface area contributed by atoms with Crippen molar-refractivity contribution in [2.75, 3.05) is 45.7 Å². The molecule has 0 bridgehead atoms. The molecule has 5 rings (SSSR count). The Labute approximate surface area is 247 Å². The van der Waals surface area contributed by atoms with E-state index in [1.807, 2.05) is 37.1 Å². The Hall–Kier alpha value is -4.22. The second-order valence-corrected chi connectivity index (χ2v) is 11.0. The minimum absolute atomic E-state index is 0.0474. The third-order valence-electron chi connectivity index (χ3n) is 7.89. The second kappa shape index (κ2) is 12.6. The average molecular weight is 594 g/mol. The van der Waals surface area contributed by atoms with Crippen molar-refractivity contribution < 1.29 is 27.5 Å². The molecule has 43 heavy (non-hydrogen) atoms. The van der Waals surface area contributed by atoms with Gasteiger partial charge in [0.05, 0.1) is 12.7 Å². The van der Waals surface area contributed by atoms with Crippen LogP contribution in [0.25, 0.3) is 11.0 Å². The summed E-state index contributed by atoms with van der Waals surface area (Å²) in [6.07, 6.45) is -1.53. The lowest BCUT2D eigenvalue weighted by molar-refractivity contribution is -0.138. The molecule has 8 nitrogen and oxygen atoms in total. The van der Waals surface area contributed by atoms with Crippen molar-refractivity contribution in [1.82, 2.24) is 19.8 Å². The number of pyridine rings is 1. The number of hydrogen-bond donors (Lipinski definition) is 2. The van der Waals surface area contributed by atoms with Crippen molar-refractivity contribution in [1.29, 1.82) is 0 Å². The number of methoxy groups -OCH3 is 1. The molecule has 4 aromatic rings. The van der Waals surface area contributed by atoms with Gasteiger partial charge in [-0.2, -0.15) is 13.2 Å². The number of nitrogens with zero attached hydrogens (tertiary/aromatic N) is 3. The fourth-order valence-electron chi connectivity index (χ4n) is 5.28. The van der Waals surface area contributed by atoms with E-state index < -0.39 is 23.6 Å². The Morgan fingerprint density at radius 2 is 1.77 bits per heavy atom. The van der Waals surface area contributed by atoms with Gasteiger partial charge in [-0.3, -0.25) is 9.69 Å². The van der Waals surface area contributed by atoms with Crippen molar-refractivity contribution in [3.63, 3.8) is 0 Å². The van der Waals surface area contributed by atoms with Crippen LogP contribution in [0, 0.1) is 6.92 Å². The molecule has 0 aliphatic carbocycles. The Bertz CT molecular complexity index is 1640. The summed E-state index contributed by atoms with van der Waals surface area (Å²) >= 11 is 0. The van der Waals surface area contributed by atoms with Gasteiger partial charge in [-0.15, -0.1) is 0 Å². The first kappa shape index (κ1) is 30.2. The molecular formula is C32H34F3N5O3. The lowest BCUT2D eigenvalue weighted by atomic mass is 10.00. The monoisotopic (exact) mass is 593 g/mol. The number of H-pyrrole nitrogens is 1. The first-order valence-corrected chi connectivity index (χ1v) is 14.1. The van der Waals surface area contributed by atoms with Gasteiger partial charge < -0.3 is 19.9 Å². The SMILES string of the molecule is COC(=O)c1cc2cc(CCc3cc(NC(=O)c4ccc(CN5CCN(C)CC5)c(C(F)(F)F)c4)ccc3C)cnc2[nH]1. The van der Waals surface area contributed by atoms with Gasteiger partial charge in [-0.25, -0.2) is 9.78 Å². The van der Waals surface area contributed by atoms with Gasteiger partial charge >= 0.3 is 12.1 Å². The van der Waals surface area contributed by atoms with Gasteiger partial charge in [-0.1, -0.05) is 12.1 Å². The zero-order chi connectivity index (χ0) is 30.7. The first-order valence-electron chi connectivity index (χ1n) is 14.1. The minimum Gasteiger partial charge on any atom is -0.464 e. The fraction of sp³-hybridized carbons (Fsp3) is 0.344. The van der Waals surface area contributed by atoms with Crippen LogP contribution in [0.5, 0.6) is 0 Å². The van der Waals surface area contributed by atoms with Crippen LogP contribution in [0.15, 0.2) is 54.7 Å². The summed E-state index contributed by atoms with van der Waals surface area (Å²) in [5.74, 6) is -1.07. The number of nitrogens with one attached hydrogen (secondary N) is 2. The van der Waals surface area contributed by atoms with Gasteiger partial charge in [0.2, 0.25) is 0 Å². The number of rotatable bonds is 8. The van der Waals surface area contributed by atoms with Crippen molar-refractivity contribution in [2.24, 2.45) is 0 Å². The van der Waals surface area contributed by atoms with Crippen LogP contribution in [0.1, 0.15) is 48.7 Å². The molecule has 0 saturated carbocycles. The molecule has 1 saturated heterocycles. The molecule has 1 aliphatic heterocycles. The maximum absolute atomic E-state index is 14.0. The molecule has 11 heteroatoms. The molecule has 1 amide bonds. The molecule has 3 heterocycles. The molecule has 0 spiro atoms. The quantitative estimate of drug-likeness (QED) is 0.264. The summed E-state index contributed by atoms with van der Waals surface area (Å²) in [4.78, 5) is 36.4. The highest BCUT2D eigenvalue weighted by Crippen LogP contribution is 2.34. The van der Waals surface area contributed by atoms with E-state index in [-0.39, 0.29) is 17.7 Å². The van der Waals surface area contributed by atoms with E-state index in [1.54, 1.807) is 18.3 Å². The summed E-state index contributed by atoms with van der Waals surface area (Å²) in [5, 5.41) is 3.56. The number of amides is 1. The van der Waals surface area contributed by atoms with Crippen molar-refractivity contribution in [3.05, 3.63) is 93.8 Å². The standard InChI is InChI=1S/C32H34F3N5O3/c1-20-4-9-26(15-22(20)6-5-21-14-25-17-28(31(42)43-3)38-29(25)36-18-21)37-30(41)23-7-8-24(27(16-23)32(33,34)35)19-40-12-10-39(2)11-13-40/h4,7-9,14-18H,5-6,10-13,19H2,1-3H3,(H,36,38)(H,37,41). The van der Waals surface area contributed by atoms with Crippen molar-refractivity contribution in [3.8, 4) is 0 Å². The molecule has 0 atom stereocenters. The highest BCUT2D eigenvalue weighted by Gasteiger charge is 2.34. The van der Waals surface area contributed by atoms with Crippen LogP contribution in [0.2, 0.25) is 0 Å². The number of benzene rings is 2. The number of carbonyl (C=O) groups excluding carboxylic acids is 2. The third-order valence-corrected chi connectivity index (χ3v) is 7.89. The second-order valence-electron chi connectivity index (χ2n) is 11.0. The Kier molecular flexibility index (Phi) is 8.84. The number of esters is 1. The number of likely N-dealkylation sites (N-methyl/N-ethyl adjacent to an activating group) is 1. The van der Waals surface area contributed by atoms with Crippen LogP contribution in [0.3, 0.4) is 0 Å². The molecule has 2 aromatic carbocycles. The van der Waals surface area contributed by atoms with Crippen LogP contribution in [0.4, 0.5) is 18.9 Å². The molecule has 0 unspecified atom stereocenters. The van der Waals surface area contributed by atoms with Crippen LogP contribution >= 0.6 is 0 Å². The van der Waals surface area contributed by atoms with Crippen molar-refractivity contribution in [2.45, 2.75) is 32.5 Å². The molecule has 0 radical (unpaired) electrons. The maximum Gasteiger partial charge on any atom is 0.416 e. The van der Waals surface area contributed by atoms with E-state index in [9.17, 15) is 22.8 Å². The molecule has 1 aliphatic rings. The smallest absolute Gasteiger partial charge is 0.416 e. The number of piperazine rings is 1. The maximum atomic E-state index is 14.0. The van der Waals surface area contributed by atoms with Crippen LogP contribution < -0.4 is 5.32 Å². The Morgan fingerprint density at radius 3 is 2.49 bits per heavy atom. The topological polar surface area (TPSA) is 90.6 Å². The molecule has 226 valence electrons. The Balaban J connectivity index is 1.27. The summed E-state index contributed by atoms with van der Waals surface area (Å²) in [7, 11) is 3.31. The summed E-state index contributed by atoms with van der Waals surface area (Å²) in [6, 6.07) is 12.9. The number of halogens is 3. The summed E-state index contributed by atoms with van der Waals surface area (Å²) in [5.41, 5.74) is 3.73. The minimum atomic E-state index is -4.58. The molecule has 2 N–H and O–H groups in total. The predicted molar refractivity (Wildman–Crippen MR) is 158 cm³/mol. The van der Waals surface area contributed by atoms with Crippen molar-refractivity contribution >= 4 is 28.6 Å². The normalized spacial score (nSPS) is 14.7. The lowest BCUT2D eigenvalue weighted by Gasteiger charge is -2.33. The van der Waals surface area contributed by atoms with Gasteiger partial charge in [0.1, 0.15) is 11.3 Å². The van der Waals surface area contributed by atoms with E-state index >= 15 is 0 Å². The highest BCUT2D eigenvalue weighted by atomic mass is 19.4. The molecule has 2 aromatic heterocycles. The molecule has 1 fully saturated rings. The number of hydrogen-bond acceptors (Lipinski definition) is 6. The zero-order valence-corrected chi connectivity index (χ0v) is 24.3. The number of alkyl halides is 3. The average Bonchev–Trinajstić information content (AvgIpc) is 3.41. The number of aromatic amines is 1. The van der Waals surface area contributed by atoms with E-state index in [1.165, 1.54) is 19.2 Å². The van der Waals surface area contributed by atoms with E-state index in [2.05, 4.69) is 20.2 Å². The van der Waals surface area contributed by atoms with Crippen LogP contribution in [-0.4, -0.2) is 72.0 Å². The van der Waals surface area contributed by atoms with E-state index in [0.717, 1.165) is 41.2 Å². The summed E-state index contributed by atoms with van der Waals surface area (Å²) < 4.78 is 46.8. The molecular weight excluding hydrogens is 559 g/mol. The van der Waals surface area contributed by atoms with Gasteiger partial charge in [0.25, 0.3) is 5.91 Å². The van der Waals surface area contributed by atoms with Crippen LogP contribution in [-0.2, 0) is 30.3 Å². The number of anilines is 1. The predicted octanol–water partition coefficient (Wildman–Crippen LogP) is 5.46. The highest BCUT2D eigenvalue weighted by molar-refractivity contribution is 6.04. The Morgan fingerprint density at radius 1 is 1.00 bits per heavy atom. The van der Waals surface area contributed by atoms with E-state index in [0.29, 0.717) is 43.0 Å². The zero-order valence-electron chi connectivity index (χ0n) is 24.3. The number of aromatic nitrogens is 2.